The minimum Gasteiger partial charge on any atom is -0.439 e. The molecule has 0 radical (unpaired) electrons. The maximum atomic E-state index is 11.7. The van der Waals surface area contributed by atoms with Crippen molar-refractivity contribution in [2.24, 2.45) is 5.92 Å². The first kappa shape index (κ1) is 16.8. The van der Waals surface area contributed by atoms with Crippen LogP contribution in [0.3, 0.4) is 0 Å². The van der Waals surface area contributed by atoms with Gasteiger partial charge in [0.2, 0.25) is 11.8 Å². The highest BCUT2D eigenvalue weighted by Crippen LogP contribution is 2.24. The Morgan fingerprint density at radius 3 is 2.72 bits per heavy atom. The average Bonchev–Trinajstić information content (AvgIpc) is 3.05. The average molecular weight is 341 g/mol. The lowest BCUT2D eigenvalue weighted by Gasteiger charge is -2.10. The zero-order valence-electron chi connectivity index (χ0n) is 14.3. The fraction of sp³-hybridized carbons (Fsp3) is 0.294. The molecule has 2 heterocycles. The number of methoxy groups -OCH3 is 1. The van der Waals surface area contributed by atoms with E-state index in [1.807, 2.05) is 13.8 Å². The number of nitrogens with one attached hydrogen (secondary N) is 1. The predicted molar refractivity (Wildman–Crippen MR) is 91.5 cm³/mol. The Bertz CT molecular complexity index is 874. The molecule has 1 N–H and O–H groups in total. The molecule has 1 aromatic carbocycles. The minimum absolute atomic E-state index is 0.0312. The zero-order chi connectivity index (χ0) is 17.8. The van der Waals surface area contributed by atoms with Gasteiger partial charge in [-0.15, -0.1) is 0 Å². The number of benzene rings is 1. The van der Waals surface area contributed by atoms with Crippen LogP contribution in [0.4, 0.5) is 5.69 Å². The summed E-state index contributed by atoms with van der Waals surface area (Å²) < 4.78 is 12.5. The number of anilines is 1. The summed E-state index contributed by atoms with van der Waals surface area (Å²) in [7, 11) is 1.60. The topological polar surface area (TPSA) is 90.6 Å². The van der Waals surface area contributed by atoms with E-state index >= 15 is 0 Å². The lowest BCUT2D eigenvalue weighted by atomic mass is 10.2. The first-order valence-electron chi connectivity index (χ1n) is 7.84. The molecule has 8 heteroatoms. The van der Waals surface area contributed by atoms with Gasteiger partial charge in [-0.3, -0.25) is 4.79 Å². The summed E-state index contributed by atoms with van der Waals surface area (Å²) in [6.45, 7) is 4.04. The van der Waals surface area contributed by atoms with Gasteiger partial charge in [-0.05, 0) is 24.3 Å². The summed E-state index contributed by atoms with van der Waals surface area (Å²) in [6, 6.07) is 8.86. The first-order valence-corrected chi connectivity index (χ1v) is 7.84. The van der Waals surface area contributed by atoms with Crippen LogP contribution < -0.4 is 10.1 Å². The van der Waals surface area contributed by atoms with Crippen molar-refractivity contribution < 1.29 is 14.3 Å². The summed E-state index contributed by atoms with van der Waals surface area (Å²) in [5.41, 5.74) is 1.41. The Hall–Kier alpha value is -3.00. The highest BCUT2D eigenvalue weighted by molar-refractivity contribution is 5.92. The van der Waals surface area contributed by atoms with Crippen LogP contribution in [-0.2, 0) is 16.1 Å². The van der Waals surface area contributed by atoms with Crippen LogP contribution >= 0.6 is 0 Å². The zero-order valence-corrected chi connectivity index (χ0v) is 14.3. The lowest BCUT2D eigenvalue weighted by molar-refractivity contribution is -0.118. The molecule has 8 nitrogen and oxygen atoms in total. The number of carbonyl (C=O) groups is 1. The van der Waals surface area contributed by atoms with Crippen LogP contribution in [0, 0.1) is 5.92 Å². The molecule has 0 saturated carbocycles. The second-order valence-electron chi connectivity index (χ2n) is 5.76. The molecular weight excluding hydrogens is 322 g/mol. The van der Waals surface area contributed by atoms with Gasteiger partial charge in [-0.25, -0.2) is 4.98 Å². The molecule has 0 bridgehead atoms. The van der Waals surface area contributed by atoms with Crippen LogP contribution in [0.5, 0.6) is 11.6 Å². The maximum Gasteiger partial charge on any atom is 0.255 e. The summed E-state index contributed by atoms with van der Waals surface area (Å²) in [5.74, 6) is 1.41. The smallest absolute Gasteiger partial charge is 0.255 e. The van der Waals surface area contributed by atoms with Crippen molar-refractivity contribution in [3.05, 3.63) is 42.4 Å². The van der Waals surface area contributed by atoms with Crippen molar-refractivity contribution in [2.75, 3.05) is 12.4 Å². The number of hydrogen-bond acceptors (Lipinski definition) is 6. The molecule has 25 heavy (non-hydrogen) atoms. The number of aromatic nitrogens is 4. The third-order valence-corrected chi connectivity index (χ3v) is 3.43. The molecule has 2 aromatic heterocycles. The Morgan fingerprint density at radius 2 is 2.04 bits per heavy atom. The third-order valence-electron chi connectivity index (χ3n) is 3.43. The van der Waals surface area contributed by atoms with Crippen LogP contribution in [0.2, 0.25) is 0 Å². The molecule has 0 spiro atoms. The van der Waals surface area contributed by atoms with Gasteiger partial charge in [0.05, 0.1) is 12.3 Å². The molecule has 0 aliphatic carbocycles. The van der Waals surface area contributed by atoms with Gasteiger partial charge in [0.25, 0.3) is 5.78 Å². The summed E-state index contributed by atoms with van der Waals surface area (Å²) >= 11 is 0. The molecule has 3 aromatic rings. The van der Waals surface area contributed by atoms with E-state index in [1.165, 1.54) is 10.8 Å². The second-order valence-corrected chi connectivity index (χ2v) is 5.76. The third kappa shape index (κ3) is 3.92. The molecule has 1 amide bonds. The van der Waals surface area contributed by atoms with E-state index in [0.29, 0.717) is 35.4 Å². The molecule has 3 rings (SSSR count). The molecular formula is C17H19N5O3. The van der Waals surface area contributed by atoms with Crippen molar-refractivity contribution in [3.8, 4) is 11.6 Å². The number of carbonyl (C=O) groups excluding carboxylic acids is 1. The van der Waals surface area contributed by atoms with Crippen molar-refractivity contribution in [2.45, 2.75) is 20.5 Å². The number of ether oxygens (including phenoxy) is 2. The normalized spacial score (nSPS) is 11.0. The lowest BCUT2D eigenvalue weighted by Crippen LogP contribution is -2.17. The Labute approximate surface area is 144 Å². The van der Waals surface area contributed by atoms with Crippen LogP contribution in [0.1, 0.15) is 19.5 Å². The fourth-order valence-electron chi connectivity index (χ4n) is 2.14. The summed E-state index contributed by atoms with van der Waals surface area (Å²) in [6.07, 6.45) is 1.41. The molecule has 0 aliphatic rings. The van der Waals surface area contributed by atoms with E-state index in [9.17, 15) is 4.79 Å². The quantitative estimate of drug-likeness (QED) is 0.741. The van der Waals surface area contributed by atoms with E-state index in [1.54, 1.807) is 37.4 Å². The molecule has 0 saturated heterocycles. The van der Waals surface area contributed by atoms with Crippen LogP contribution in [0.25, 0.3) is 5.78 Å². The SMILES string of the molecule is COCc1cc(Oc2ccc(NC(=O)C(C)C)cc2)n2ncnc2n1. The minimum atomic E-state index is -0.0763. The number of rotatable bonds is 6. The molecule has 130 valence electrons. The highest BCUT2D eigenvalue weighted by Gasteiger charge is 2.11. The Kier molecular flexibility index (Phi) is 4.90. The van der Waals surface area contributed by atoms with E-state index in [0.717, 1.165) is 0 Å². The van der Waals surface area contributed by atoms with Crippen molar-refractivity contribution in [1.29, 1.82) is 0 Å². The summed E-state index contributed by atoms with van der Waals surface area (Å²) in [4.78, 5) is 20.1. The maximum absolute atomic E-state index is 11.7. The van der Waals surface area contributed by atoms with E-state index in [4.69, 9.17) is 9.47 Å². The van der Waals surface area contributed by atoms with Gasteiger partial charge < -0.3 is 14.8 Å². The number of amides is 1. The molecule has 0 atom stereocenters. The van der Waals surface area contributed by atoms with E-state index in [2.05, 4.69) is 20.4 Å². The monoisotopic (exact) mass is 341 g/mol. The number of hydrogen-bond donors (Lipinski definition) is 1. The standard InChI is InChI=1S/C17H19N5O3/c1-11(2)16(23)20-12-4-6-14(7-5-12)25-15-8-13(9-24-3)21-17-18-10-19-22(15)17/h4-8,10-11H,9H2,1-3H3,(H,20,23). The van der Waals surface area contributed by atoms with Gasteiger partial charge in [0.15, 0.2) is 0 Å². The predicted octanol–water partition coefficient (Wildman–Crippen LogP) is 2.66. The largest absolute Gasteiger partial charge is 0.439 e. The van der Waals surface area contributed by atoms with E-state index in [-0.39, 0.29) is 11.8 Å². The molecule has 0 aliphatic heterocycles. The van der Waals surface area contributed by atoms with Crippen LogP contribution in [0.15, 0.2) is 36.7 Å². The second kappa shape index (κ2) is 7.27. The van der Waals surface area contributed by atoms with Gasteiger partial charge in [-0.2, -0.15) is 14.6 Å². The fourth-order valence-corrected chi connectivity index (χ4v) is 2.14. The Balaban J connectivity index is 1.81. The van der Waals surface area contributed by atoms with Gasteiger partial charge in [-0.1, -0.05) is 13.8 Å². The highest BCUT2D eigenvalue weighted by atomic mass is 16.5. The van der Waals surface area contributed by atoms with Crippen molar-refractivity contribution in [1.82, 2.24) is 19.6 Å². The van der Waals surface area contributed by atoms with Gasteiger partial charge in [0.1, 0.15) is 12.1 Å². The number of fused-ring (bicyclic) bond motifs is 1. The van der Waals surface area contributed by atoms with Crippen LogP contribution in [-0.4, -0.2) is 32.6 Å². The van der Waals surface area contributed by atoms with Gasteiger partial charge in [0, 0.05) is 24.8 Å². The van der Waals surface area contributed by atoms with Crippen molar-refractivity contribution >= 4 is 17.4 Å². The van der Waals surface area contributed by atoms with E-state index < -0.39 is 0 Å². The molecule has 0 unspecified atom stereocenters. The molecule has 0 fully saturated rings. The first-order chi connectivity index (χ1) is 12.1. The summed E-state index contributed by atoms with van der Waals surface area (Å²) in [5, 5.41) is 6.95. The van der Waals surface area contributed by atoms with Crippen molar-refractivity contribution in [3.63, 3.8) is 0 Å². The Morgan fingerprint density at radius 1 is 1.28 bits per heavy atom. The van der Waals surface area contributed by atoms with Gasteiger partial charge >= 0.3 is 0 Å². The number of nitrogens with zero attached hydrogens (tertiary/aromatic N) is 4.